The van der Waals surface area contributed by atoms with Gasteiger partial charge in [0.15, 0.2) is 0 Å². The van der Waals surface area contributed by atoms with Crippen LogP contribution in [0.3, 0.4) is 0 Å². The van der Waals surface area contributed by atoms with Gasteiger partial charge < -0.3 is 15.0 Å². The number of nitrogens with zero attached hydrogens (tertiary/aromatic N) is 1. The van der Waals surface area contributed by atoms with Gasteiger partial charge in [-0.15, -0.1) is 0 Å². The van der Waals surface area contributed by atoms with Crippen molar-refractivity contribution in [3.8, 4) is 0 Å². The van der Waals surface area contributed by atoms with Crippen LogP contribution in [0.25, 0.3) is 10.9 Å². The topological polar surface area (TPSA) is 56.3 Å². The van der Waals surface area contributed by atoms with E-state index in [1.54, 1.807) is 6.07 Å². The standard InChI is InChI=1S/C15H16ClFN2O2/c1-8-11-3-2-4-12(16)14(11)18-13(8)15(21)19-6-9(17)5-10(19)7-20/h2-4,9-10,18,20H,5-7H2,1H3. The smallest absolute Gasteiger partial charge is 0.271 e. The zero-order valence-corrected chi connectivity index (χ0v) is 12.3. The summed E-state index contributed by atoms with van der Waals surface area (Å²) in [4.78, 5) is 17.1. The third kappa shape index (κ3) is 2.30. The second-order valence-corrected chi connectivity index (χ2v) is 5.82. The minimum atomic E-state index is -1.08. The van der Waals surface area contributed by atoms with Gasteiger partial charge in [0.25, 0.3) is 5.91 Å². The Balaban J connectivity index is 2.02. The molecule has 0 spiro atoms. The van der Waals surface area contributed by atoms with Gasteiger partial charge in [0, 0.05) is 11.8 Å². The molecule has 21 heavy (non-hydrogen) atoms. The molecule has 2 aromatic rings. The van der Waals surface area contributed by atoms with Gasteiger partial charge in [-0.3, -0.25) is 4.79 Å². The molecule has 2 unspecified atom stereocenters. The number of likely N-dealkylation sites (tertiary alicyclic amines) is 1. The van der Waals surface area contributed by atoms with Crippen LogP contribution in [0.1, 0.15) is 22.5 Å². The van der Waals surface area contributed by atoms with Crippen molar-refractivity contribution in [2.75, 3.05) is 13.2 Å². The highest BCUT2D eigenvalue weighted by molar-refractivity contribution is 6.35. The second kappa shape index (κ2) is 5.31. The van der Waals surface area contributed by atoms with Crippen molar-refractivity contribution in [2.24, 2.45) is 0 Å². The summed E-state index contributed by atoms with van der Waals surface area (Å²) >= 11 is 6.13. The number of alkyl halides is 1. The van der Waals surface area contributed by atoms with E-state index < -0.39 is 12.2 Å². The molecule has 1 aliphatic heterocycles. The summed E-state index contributed by atoms with van der Waals surface area (Å²) in [6.07, 6.45) is -0.901. The first-order chi connectivity index (χ1) is 10.0. The van der Waals surface area contributed by atoms with Crippen LogP contribution in [0.5, 0.6) is 0 Å². The van der Waals surface area contributed by atoms with Gasteiger partial charge >= 0.3 is 0 Å². The maximum atomic E-state index is 13.5. The van der Waals surface area contributed by atoms with Gasteiger partial charge in [-0.05, 0) is 18.6 Å². The Labute approximate surface area is 126 Å². The number of rotatable bonds is 2. The van der Waals surface area contributed by atoms with Gasteiger partial charge in [-0.25, -0.2) is 4.39 Å². The van der Waals surface area contributed by atoms with Crippen LogP contribution in [-0.4, -0.2) is 46.3 Å². The number of aromatic amines is 1. The molecular formula is C15H16ClFN2O2. The molecule has 1 aromatic heterocycles. The zero-order chi connectivity index (χ0) is 15.1. The van der Waals surface area contributed by atoms with Crippen LogP contribution >= 0.6 is 11.6 Å². The lowest BCUT2D eigenvalue weighted by Crippen LogP contribution is -2.38. The fraction of sp³-hybridized carbons (Fsp3) is 0.400. The highest BCUT2D eigenvalue weighted by Gasteiger charge is 2.36. The number of aliphatic hydroxyl groups is 1. The minimum absolute atomic E-state index is 0.0204. The van der Waals surface area contributed by atoms with E-state index in [9.17, 15) is 14.3 Å². The van der Waals surface area contributed by atoms with E-state index in [0.29, 0.717) is 16.2 Å². The van der Waals surface area contributed by atoms with Gasteiger partial charge in [-0.2, -0.15) is 0 Å². The Morgan fingerprint density at radius 3 is 3.00 bits per heavy atom. The monoisotopic (exact) mass is 310 g/mol. The van der Waals surface area contributed by atoms with E-state index in [0.717, 1.165) is 10.9 Å². The fourth-order valence-corrected chi connectivity index (χ4v) is 3.18. The maximum Gasteiger partial charge on any atom is 0.271 e. The predicted molar refractivity (Wildman–Crippen MR) is 79.5 cm³/mol. The number of benzene rings is 1. The lowest BCUT2D eigenvalue weighted by Gasteiger charge is -2.22. The fourth-order valence-electron chi connectivity index (χ4n) is 2.96. The number of nitrogens with one attached hydrogen (secondary N) is 1. The van der Waals surface area contributed by atoms with Crippen molar-refractivity contribution >= 4 is 28.4 Å². The third-order valence-electron chi connectivity index (χ3n) is 4.09. The van der Waals surface area contributed by atoms with Crippen LogP contribution in [0.15, 0.2) is 18.2 Å². The summed E-state index contributed by atoms with van der Waals surface area (Å²) in [5.74, 6) is -0.293. The lowest BCUT2D eigenvalue weighted by molar-refractivity contribution is 0.0667. The van der Waals surface area contributed by atoms with Gasteiger partial charge in [0.1, 0.15) is 11.9 Å². The van der Waals surface area contributed by atoms with Crippen LogP contribution in [0.2, 0.25) is 5.02 Å². The highest BCUT2D eigenvalue weighted by atomic mass is 35.5. The van der Waals surface area contributed by atoms with Gasteiger partial charge in [-0.1, -0.05) is 23.7 Å². The molecule has 1 fully saturated rings. The molecule has 2 N–H and O–H groups in total. The van der Waals surface area contributed by atoms with Crippen molar-refractivity contribution in [3.05, 3.63) is 34.5 Å². The third-order valence-corrected chi connectivity index (χ3v) is 4.41. The van der Waals surface area contributed by atoms with Crippen LogP contribution in [-0.2, 0) is 0 Å². The van der Waals surface area contributed by atoms with Crippen molar-refractivity contribution < 1.29 is 14.3 Å². The molecule has 1 amide bonds. The zero-order valence-electron chi connectivity index (χ0n) is 11.6. The molecule has 0 radical (unpaired) electrons. The molecule has 1 aromatic carbocycles. The molecule has 6 heteroatoms. The van der Waals surface area contributed by atoms with Crippen molar-refractivity contribution in [3.63, 3.8) is 0 Å². The first-order valence-corrected chi connectivity index (χ1v) is 7.23. The van der Waals surface area contributed by atoms with Gasteiger partial charge in [0.05, 0.1) is 29.7 Å². The van der Waals surface area contributed by atoms with E-state index in [1.165, 1.54) is 4.90 Å². The van der Waals surface area contributed by atoms with E-state index in [4.69, 9.17) is 11.6 Å². The first-order valence-electron chi connectivity index (χ1n) is 6.85. The van der Waals surface area contributed by atoms with E-state index >= 15 is 0 Å². The van der Waals surface area contributed by atoms with E-state index in [1.807, 2.05) is 19.1 Å². The quantitative estimate of drug-likeness (QED) is 0.896. The first kappa shape index (κ1) is 14.4. The number of halogens is 2. The molecule has 2 heterocycles. The number of carbonyl (C=O) groups excluding carboxylic acids is 1. The number of aliphatic hydroxyl groups excluding tert-OH is 1. The van der Waals surface area contributed by atoms with E-state index in [2.05, 4.69) is 4.98 Å². The second-order valence-electron chi connectivity index (χ2n) is 5.41. The molecular weight excluding hydrogens is 295 g/mol. The number of aryl methyl sites for hydroxylation is 1. The lowest BCUT2D eigenvalue weighted by atomic mass is 10.1. The summed E-state index contributed by atoms with van der Waals surface area (Å²) in [7, 11) is 0. The molecule has 1 aliphatic rings. The summed E-state index contributed by atoms with van der Waals surface area (Å²) in [5.41, 5.74) is 1.90. The Morgan fingerprint density at radius 1 is 1.57 bits per heavy atom. The number of carbonyl (C=O) groups is 1. The average molecular weight is 311 g/mol. The Bertz CT molecular complexity index is 700. The molecule has 3 rings (SSSR count). The Morgan fingerprint density at radius 2 is 2.33 bits per heavy atom. The number of hydrogen-bond donors (Lipinski definition) is 2. The summed E-state index contributed by atoms with van der Waals surface area (Å²) < 4.78 is 13.5. The normalized spacial score (nSPS) is 22.2. The van der Waals surface area contributed by atoms with Crippen molar-refractivity contribution in [2.45, 2.75) is 25.6 Å². The number of H-pyrrole nitrogens is 1. The molecule has 2 atom stereocenters. The van der Waals surface area contributed by atoms with Crippen LogP contribution in [0.4, 0.5) is 4.39 Å². The van der Waals surface area contributed by atoms with Crippen LogP contribution in [0, 0.1) is 6.92 Å². The number of hydrogen-bond acceptors (Lipinski definition) is 2. The number of para-hydroxylation sites is 1. The molecule has 4 nitrogen and oxygen atoms in total. The summed E-state index contributed by atoms with van der Waals surface area (Å²) in [6, 6.07) is 4.99. The number of amides is 1. The molecule has 0 bridgehead atoms. The summed E-state index contributed by atoms with van der Waals surface area (Å²) in [5, 5.41) is 10.7. The largest absolute Gasteiger partial charge is 0.394 e. The predicted octanol–water partition coefficient (Wildman–Crippen LogP) is 2.67. The average Bonchev–Trinajstić information content (AvgIpc) is 3.00. The maximum absolute atomic E-state index is 13.5. The number of aromatic nitrogens is 1. The molecule has 0 aliphatic carbocycles. The van der Waals surface area contributed by atoms with Gasteiger partial charge in [0.2, 0.25) is 0 Å². The summed E-state index contributed by atoms with van der Waals surface area (Å²) in [6.45, 7) is 1.62. The molecule has 112 valence electrons. The molecule has 0 saturated carbocycles. The molecule has 1 saturated heterocycles. The SMILES string of the molecule is Cc1c(C(=O)N2CC(F)CC2CO)[nH]c2c(Cl)cccc12. The van der Waals surface area contributed by atoms with Crippen molar-refractivity contribution in [1.82, 2.24) is 9.88 Å². The van der Waals surface area contributed by atoms with E-state index in [-0.39, 0.29) is 25.5 Å². The van der Waals surface area contributed by atoms with Crippen LogP contribution < -0.4 is 0 Å². The Kier molecular flexibility index (Phi) is 3.63. The number of fused-ring (bicyclic) bond motifs is 1. The minimum Gasteiger partial charge on any atom is -0.394 e. The Hall–Kier alpha value is -1.59. The van der Waals surface area contributed by atoms with Crippen molar-refractivity contribution in [1.29, 1.82) is 0 Å². The highest BCUT2D eigenvalue weighted by Crippen LogP contribution is 2.30.